The molecule has 0 spiro atoms. The first kappa shape index (κ1) is 10.5. The summed E-state index contributed by atoms with van der Waals surface area (Å²) in [6.45, 7) is 5.61. The highest BCUT2D eigenvalue weighted by Gasteiger charge is 2.13. The normalized spacial score (nSPS) is 10.1. The number of rotatable bonds is 2. The summed E-state index contributed by atoms with van der Waals surface area (Å²) in [5, 5.41) is 4.25. The minimum absolute atomic E-state index is 0.788. The van der Waals surface area contributed by atoms with E-state index in [2.05, 4.69) is 35.9 Å². The van der Waals surface area contributed by atoms with Gasteiger partial charge in [0, 0.05) is 6.07 Å². The van der Waals surface area contributed by atoms with Crippen molar-refractivity contribution >= 4 is 12.4 Å². The molecule has 0 atom stereocenters. The predicted molar refractivity (Wildman–Crippen MR) is 64.8 cm³/mol. The molecule has 3 heteroatoms. The lowest BCUT2D eigenvalue weighted by molar-refractivity contribution is -0.720. The van der Waals surface area contributed by atoms with Crippen LogP contribution in [0.1, 0.15) is 5.56 Å². The van der Waals surface area contributed by atoms with E-state index in [0.29, 0.717) is 0 Å². The van der Waals surface area contributed by atoms with Crippen molar-refractivity contribution in [3.05, 3.63) is 42.1 Å². The lowest BCUT2D eigenvalue weighted by atomic mass is 10.1. The van der Waals surface area contributed by atoms with Crippen LogP contribution in [0.15, 0.2) is 41.5 Å². The highest BCUT2D eigenvalue weighted by molar-refractivity contribution is 5.63. The summed E-state index contributed by atoms with van der Waals surface area (Å²) in [6, 6.07) is 10.2. The molecule has 0 saturated heterocycles. The van der Waals surface area contributed by atoms with Crippen molar-refractivity contribution in [2.75, 3.05) is 0 Å². The van der Waals surface area contributed by atoms with Crippen molar-refractivity contribution < 1.29 is 4.68 Å². The topological polar surface area (TPSA) is 29.1 Å². The second-order valence-electron chi connectivity index (χ2n) is 3.70. The van der Waals surface area contributed by atoms with E-state index >= 15 is 0 Å². The zero-order valence-corrected chi connectivity index (χ0v) is 9.51. The first-order valence-electron chi connectivity index (χ1n) is 5.11. The molecular weight excluding hydrogens is 198 g/mol. The molecule has 0 aliphatic heterocycles. The smallest absolute Gasteiger partial charge is 0.241 e. The average Bonchev–Trinajstić information content (AvgIpc) is 2.31. The third-order valence-electron chi connectivity index (χ3n) is 2.60. The first-order chi connectivity index (χ1) is 7.72. The van der Waals surface area contributed by atoms with E-state index in [0.717, 1.165) is 11.4 Å². The van der Waals surface area contributed by atoms with Crippen molar-refractivity contribution in [1.82, 2.24) is 5.10 Å². The molecule has 1 aromatic heterocycles. The lowest BCUT2D eigenvalue weighted by Gasteiger charge is -2.02. The van der Waals surface area contributed by atoms with Gasteiger partial charge in [0.25, 0.3) is 0 Å². The Balaban J connectivity index is 2.63. The van der Waals surface area contributed by atoms with Gasteiger partial charge in [0.05, 0.1) is 11.3 Å². The number of nitrogens with zero attached hydrogens (tertiary/aromatic N) is 3. The number of aryl methyl sites for hydroxylation is 2. The van der Waals surface area contributed by atoms with Gasteiger partial charge in [-0.3, -0.25) is 4.99 Å². The summed E-state index contributed by atoms with van der Waals surface area (Å²) in [5.74, 6) is 0. The van der Waals surface area contributed by atoms with Gasteiger partial charge in [-0.25, -0.2) is 0 Å². The van der Waals surface area contributed by atoms with Gasteiger partial charge >= 0.3 is 0 Å². The molecule has 80 valence electrons. The number of hydrogen-bond donors (Lipinski definition) is 0. The Labute approximate surface area is 95.1 Å². The Morgan fingerprint density at radius 1 is 1.31 bits per heavy atom. The summed E-state index contributed by atoms with van der Waals surface area (Å²) in [4.78, 5) is 3.90. The van der Waals surface area contributed by atoms with Crippen LogP contribution in [0.2, 0.25) is 0 Å². The SMILES string of the molecule is C=Nc1cn[n+](C)c(-c2ccccc2C)c1. The third-order valence-corrected chi connectivity index (χ3v) is 2.60. The molecule has 0 radical (unpaired) electrons. The van der Waals surface area contributed by atoms with E-state index in [9.17, 15) is 0 Å². The first-order valence-corrected chi connectivity index (χ1v) is 5.11. The van der Waals surface area contributed by atoms with Crippen LogP contribution in [0.5, 0.6) is 0 Å². The van der Waals surface area contributed by atoms with E-state index in [4.69, 9.17) is 0 Å². The molecule has 3 nitrogen and oxygen atoms in total. The second kappa shape index (κ2) is 4.23. The summed E-state index contributed by atoms with van der Waals surface area (Å²) < 4.78 is 1.84. The highest BCUT2D eigenvalue weighted by Crippen LogP contribution is 2.22. The van der Waals surface area contributed by atoms with E-state index in [1.54, 1.807) is 6.20 Å². The predicted octanol–water partition coefficient (Wildman–Crippen LogP) is 2.21. The molecule has 0 saturated carbocycles. The quantitative estimate of drug-likeness (QED) is 0.554. The molecule has 0 aliphatic carbocycles. The fraction of sp³-hybridized carbons (Fsp3) is 0.154. The molecular formula is C13H14N3+. The van der Waals surface area contributed by atoms with Crippen molar-refractivity contribution in [2.45, 2.75) is 6.92 Å². The molecule has 1 aromatic carbocycles. The van der Waals surface area contributed by atoms with Crippen LogP contribution >= 0.6 is 0 Å². The standard InChI is InChI=1S/C13H14N3/c1-10-6-4-5-7-12(10)13-8-11(14-2)9-15-16(13)3/h4-9H,2H2,1,3H3/q+1. The Morgan fingerprint density at radius 3 is 2.75 bits per heavy atom. The van der Waals surface area contributed by atoms with Crippen LogP contribution < -0.4 is 4.68 Å². The average molecular weight is 212 g/mol. The zero-order chi connectivity index (χ0) is 11.5. The maximum atomic E-state index is 4.25. The van der Waals surface area contributed by atoms with Gasteiger partial charge in [-0.05, 0) is 30.4 Å². The molecule has 0 bridgehead atoms. The van der Waals surface area contributed by atoms with Gasteiger partial charge in [0.2, 0.25) is 5.69 Å². The van der Waals surface area contributed by atoms with E-state index in [1.807, 2.05) is 29.9 Å². The minimum Gasteiger partial charge on any atom is -0.263 e. The van der Waals surface area contributed by atoms with Crippen LogP contribution in [0, 0.1) is 6.92 Å². The molecule has 0 aliphatic rings. The van der Waals surface area contributed by atoms with Crippen LogP contribution in [0.25, 0.3) is 11.3 Å². The van der Waals surface area contributed by atoms with Gasteiger partial charge < -0.3 is 0 Å². The van der Waals surface area contributed by atoms with Gasteiger partial charge in [-0.15, -0.1) is 0 Å². The van der Waals surface area contributed by atoms with E-state index < -0.39 is 0 Å². The summed E-state index contributed by atoms with van der Waals surface area (Å²) in [6.07, 6.45) is 1.70. The number of aliphatic imine (C=N–C) groups is 1. The van der Waals surface area contributed by atoms with Crippen LogP contribution in [-0.2, 0) is 7.05 Å². The highest BCUT2D eigenvalue weighted by atomic mass is 15.2. The zero-order valence-electron chi connectivity index (χ0n) is 9.51. The van der Waals surface area contributed by atoms with Crippen molar-refractivity contribution in [1.29, 1.82) is 0 Å². The van der Waals surface area contributed by atoms with Crippen molar-refractivity contribution in [3.8, 4) is 11.3 Å². The molecule has 1 heterocycles. The maximum Gasteiger partial charge on any atom is 0.241 e. The molecule has 2 aromatic rings. The maximum absolute atomic E-state index is 4.25. The fourth-order valence-corrected chi connectivity index (χ4v) is 1.68. The number of benzene rings is 1. The van der Waals surface area contributed by atoms with Gasteiger partial charge in [-0.1, -0.05) is 22.9 Å². The van der Waals surface area contributed by atoms with Crippen molar-refractivity contribution in [3.63, 3.8) is 0 Å². The molecule has 0 unspecified atom stereocenters. The number of aromatic nitrogens is 2. The summed E-state index contributed by atoms with van der Waals surface area (Å²) >= 11 is 0. The van der Waals surface area contributed by atoms with E-state index in [1.165, 1.54) is 11.1 Å². The number of hydrogen-bond acceptors (Lipinski definition) is 2. The van der Waals surface area contributed by atoms with Crippen LogP contribution in [-0.4, -0.2) is 11.8 Å². The minimum atomic E-state index is 0.788. The third kappa shape index (κ3) is 1.84. The van der Waals surface area contributed by atoms with Crippen LogP contribution in [0.4, 0.5) is 5.69 Å². The van der Waals surface area contributed by atoms with E-state index in [-0.39, 0.29) is 0 Å². The monoisotopic (exact) mass is 212 g/mol. The Bertz CT molecular complexity index is 532. The Hall–Kier alpha value is -2.03. The van der Waals surface area contributed by atoms with Gasteiger partial charge in [0.1, 0.15) is 6.20 Å². The molecule has 0 fully saturated rings. The second-order valence-corrected chi connectivity index (χ2v) is 3.70. The van der Waals surface area contributed by atoms with Crippen molar-refractivity contribution in [2.24, 2.45) is 12.0 Å². The summed E-state index contributed by atoms with van der Waals surface area (Å²) in [7, 11) is 1.93. The van der Waals surface area contributed by atoms with Gasteiger partial charge in [-0.2, -0.15) is 0 Å². The largest absolute Gasteiger partial charge is 0.263 e. The Kier molecular flexibility index (Phi) is 2.77. The molecule has 2 rings (SSSR count). The lowest BCUT2D eigenvalue weighted by Crippen LogP contribution is -2.35. The fourth-order valence-electron chi connectivity index (χ4n) is 1.68. The summed E-state index contributed by atoms with van der Waals surface area (Å²) in [5.41, 5.74) is 4.23. The molecule has 16 heavy (non-hydrogen) atoms. The molecule has 0 N–H and O–H groups in total. The van der Waals surface area contributed by atoms with Crippen LogP contribution in [0.3, 0.4) is 0 Å². The Morgan fingerprint density at radius 2 is 2.06 bits per heavy atom. The van der Waals surface area contributed by atoms with Gasteiger partial charge in [0.15, 0.2) is 7.05 Å². The molecule has 0 amide bonds.